The fraction of sp³-hybridized carbons (Fsp3) is 0.364. The standard InChI is InChI=1S/C22H26N2O3/c1-3-4-5-6-22(25)27-21(15-24-12-11-23-16-24)19-8-7-18-14-20(26-2)10-9-17(18)13-19/h7-14,16,21H,3-6,15H2,1-2H3. The van der Waals surface area contributed by atoms with Crippen molar-refractivity contribution >= 4 is 16.7 Å². The normalized spacial score (nSPS) is 12.1. The van der Waals surface area contributed by atoms with E-state index in [2.05, 4.69) is 18.0 Å². The third-order valence-corrected chi connectivity index (χ3v) is 4.64. The van der Waals surface area contributed by atoms with E-state index in [1.165, 1.54) is 0 Å². The van der Waals surface area contributed by atoms with Crippen molar-refractivity contribution in [3.63, 3.8) is 0 Å². The Bertz CT molecular complexity index is 874. The molecule has 3 aromatic rings. The highest BCUT2D eigenvalue weighted by Gasteiger charge is 2.18. The first-order valence-electron chi connectivity index (χ1n) is 9.42. The topological polar surface area (TPSA) is 53.4 Å². The second-order valence-electron chi connectivity index (χ2n) is 6.67. The first-order chi connectivity index (χ1) is 13.2. The molecule has 0 amide bonds. The number of methoxy groups -OCH3 is 1. The van der Waals surface area contributed by atoms with E-state index in [9.17, 15) is 4.79 Å². The molecule has 27 heavy (non-hydrogen) atoms. The monoisotopic (exact) mass is 366 g/mol. The number of ether oxygens (including phenoxy) is 2. The molecule has 0 radical (unpaired) electrons. The number of unbranched alkanes of at least 4 members (excludes halogenated alkanes) is 2. The Morgan fingerprint density at radius 1 is 1.15 bits per heavy atom. The van der Waals surface area contributed by atoms with Crippen LogP contribution in [0.1, 0.15) is 44.3 Å². The second kappa shape index (κ2) is 9.21. The molecule has 5 heteroatoms. The molecule has 5 nitrogen and oxygen atoms in total. The second-order valence-corrected chi connectivity index (χ2v) is 6.67. The van der Waals surface area contributed by atoms with Crippen molar-refractivity contribution in [1.29, 1.82) is 0 Å². The molecule has 0 N–H and O–H groups in total. The molecule has 0 aliphatic heterocycles. The van der Waals surface area contributed by atoms with Gasteiger partial charge in [-0.25, -0.2) is 4.98 Å². The minimum atomic E-state index is -0.347. The predicted octanol–water partition coefficient (Wildman–Crippen LogP) is 4.91. The lowest BCUT2D eigenvalue weighted by molar-refractivity contribution is -0.150. The van der Waals surface area contributed by atoms with E-state index in [-0.39, 0.29) is 12.1 Å². The zero-order chi connectivity index (χ0) is 19.1. The molecule has 1 heterocycles. The number of rotatable bonds is 9. The van der Waals surface area contributed by atoms with Crippen molar-refractivity contribution < 1.29 is 14.3 Å². The van der Waals surface area contributed by atoms with E-state index < -0.39 is 0 Å². The maximum Gasteiger partial charge on any atom is 0.306 e. The summed E-state index contributed by atoms with van der Waals surface area (Å²) in [6.07, 6.45) is 8.45. The molecule has 0 spiro atoms. The Balaban J connectivity index is 1.82. The molecule has 0 fully saturated rings. The zero-order valence-electron chi connectivity index (χ0n) is 15.9. The number of imidazole rings is 1. The lowest BCUT2D eigenvalue weighted by Gasteiger charge is -2.19. The van der Waals surface area contributed by atoms with Gasteiger partial charge >= 0.3 is 5.97 Å². The molecule has 3 rings (SSSR count). The highest BCUT2D eigenvalue weighted by Crippen LogP contribution is 2.27. The number of aromatic nitrogens is 2. The fourth-order valence-electron chi connectivity index (χ4n) is 3.10. The first kappa shape index (κ1) is 19.0. The molecule has 0 aliphatic rings. The van der Waals surface area contributed by atoms with E-state index >= 15 is 0 Å². The smallest absolute Gasteiger partial charge is 0.306 e. The number of hydrogen-bond donors (Lipinski definition) is 0. The van der Waals surface area contributed by atoms with E-state index in [0.29, 0.717) is 13.0 Å². The van der Waals surface area contributed by atoms with Crippen LogP contribution in [0.3, 0.4) is 0 Å². The Hall–Kier alpha value is -2.82. The summed E-state index contributed by atoms with van der Waals surface area (Å²) < 4.78 is 13.1. The van der Waals surface area contributed by atoms with Gasteiger partial charge in [0.15, 0.2) is 0 Å². The highest BCUT2D eigenvalue weighted by molar-refractivity contribution is 5.84. The number of nitrogens with zero attached hydrogens (tertiary/aromatic N) is 2. The lowest BCUT2D eigenvalue weighted by atomic mass is 10.0. The largest absolute Gasteiger partial charge is 0.497 e. The van der Waals surface area contributed by atoms with Gasteiger partial charge in [0.05, 0.1) is 20.0 Å². The van der Waals surface area contributed by atoms with E-state index in [4.69, 9.17) is 9.47 Å². The maximum absolute atomic E-state index is 12.3. The van der Waals surface area contributed by atoms with Crippen LogP contribution in [0.2, 0.25) is 0 Å². The summed E-state index contributed by atoms with van der Waals surface area (Å²) in [6, 6.07) is 12.1. The van der Waals surface area contributed by atoms with E-state index in [0.717, 1.165) is 41.3 Å². The number of esters is 1. The number of hydrogen-bond acceptors (Lipinski definition) is 4. The lowest BCUT2D eigenvalue weighted by Crippen LogP contribution is -2.16. The van der Waals surface area contributed by atoms with Gasteiger partial charge in [0.25, 0.3) is 0 Å². The third kappa shape index (κ3) is 5.09. The summed E-state index contributed by atoms with van der Waals surface area (Å²) in [5, 5.41) is 2.18. The molecular formula is C22H26N2O3. The Morgan fingerprint density at radius 2 is 1.96 bits per heavy atom. The van der Waals surface area contributed by atoms with Crippen molar-refractivity contribution in [3.8, 4) is 5.75 Å². The predicted molar refractivity (Wildman–Crippen MR) is 106 cm³/mol. The van der Waals surface area contributed by atoms with Gasteiger partial charge in [-0.2, -0.15) is 0 Å². The number of fused-ring (bicyclic) bond motifs is 1. The summed E-state index contributed by atoms with van der Waals surface area (Å²) in [4.78, 5) is 16.4. The molecule has 0 bridgehead atoms. The zero-order valence-corrected chi connectivity index (χ0v) is 15.9. The van der Waals surface area contributed by atoms with Gasteiger partial charge in [0, 0.05) is 18.8 Å². The summed E-state index contributed by atoms with van der Waals surface area (Å²) in [7, 11) is 1.66. The van der Waals surface area contributed by atoms with Gasteiger partial charge in [-0.05, 0) is 41.0 Å². The Labute approximate surface area is 159 Å². The first-order valence-corrected chi connectivity index (χ1v) is 9.42. The van der Waals surface area contributed by atoms with Crippen molar-refractivity contribution in [3.05, 3.63) is 60.7 Å². The van der Waals surface area contributed by atoms with Gasteiger partial charge in [-0.1, -0.05) is 38.0 Å². The summed E-state index contributed by atoms with van der Waals surface area (Å²) >= 11 is 0. The van der Waals surface area contributed by atoms with Gasteiger partial charge < -0.3 is 14.0 Å². The SMILES string of the molecule is CCCCCC(=O)OC(Cn1ccnc1)c1ccc2cc(OC)ccc2c1. The van der Waals surface area contributed by atoms with Crippen molar-refractivity contribution in [2.45, 2.75) is 45.3 Å². The molecule has 142 valence electrons. The molecule has 0 saturated heterocycles. The van der Waals surface area contributed by atoms with Crippen LogP contribution in [-0.4, -0.2) is 22.6 Å². The van der Waals surface area contributed by atoms with Crippen molar-refractivity contribution in [1.82, 2.24) is 9.55 Å². The number of carbonyl (C=O) groups excluding carboxylic acids is 1. The van der Waals surface area contributed by atoms with Crippen LogP contribution >= 0.6 is 0 Å². The third-order valence-electron chi connectivity index (χ3n) is 4.64. The summed E-state index contributed by atoms with van der Waals surface area (Å²) in [5.41, 5.74) is 0.977. The fourth-order valence-corrected chi connectivity index (χ4v) is 3.10. The van der Waals surface area contributed by atoms with Crippen LogP contribution in [0.25, 0.3) is 10.8 Å². The summed E-state index contributed by atoms with van der Waals surface area (Å²) in [6.45, 7) is 2.67. The van der Waals surface area contributed by atoms with E-state index in [1.807, 2.05) is 41.1 Å². The minimum Gasteiger partial charge on any atom is -0.497 e. The molecule has 2 aromatic carbocycles. The number of benzene rings is 2. The van der Waals surface area contributed by atoms with Gasteiger partial charge in [-0.15, -0.1) is 0 Å². The Morgan fingerprint density at radius 3 is 2.70 bits per heavy atom. The maximum atomic E-state index is 12.3. The summed E-state index contributed by atoms with van der Waals surface area (Å²) in [5.74, 6) is 0.677. The van der Waals surface area contributed by atoms with Gasteiger partial charge in [0.2, 0.25) is 0 Å². The van der Waals surface area contributed by atoms with Crippen LogP contribution in [0, 0.1) is 0 Å². The van der Waals surface area contributed by atoms with Crippen LogP contribution < -0.4 is 4.74 Å². The van der Waals surface area contributed by atoms with Crippen LogP contribution in [0.4, 0.5) is 0 Å². The van der Waals surface area contributed by atoms with Gasteiger partial charge in [-0.3, -0.25) is 4.79 Å². The number of carbonyl (C=O) groups is 1. The average Bonchev–Trinajstić information content (AvgIpc) is 3.20. The molecular weight excluding hydrogens is 340 g/mol. The quantitative estimate of drug-likeness (QED) is 0.399. The van der Waals surface area contributed by atoms with Crippen molar-refractivity contribution in [2.24, 2.45) is 0 Å². The molecule has 0 saturated carbocycles. The molecule has 1 aromatic heterocycles. The molecule has 0 aliphatic carbocycles. The molecule has 1 unspecified atom stereocenters. The van der Waals surface area contributed by atoms with Crippen molar-refractivity contribution in [2.75, 3.05) is 7.11 Å². The van der Waals surface area contributed by atoms with Gasteiger partial charge in [0.1, 0.15) is 11.9 Å². The highest BCUT2D eigenvalue weighted by atomic mass is 16.5. The van der Waals surface area contributed by atoms with E-state index in [1.54, 1.807) is 19.6 Å². The molecule has 1 atom stereocenters. The minimum absolute atomic E-state index is 0.150. The van der Waals surface area contributed by atoms with Crippen LogP contribution in [-0.2, 0) is 16.1 Å². The van der Waals surface area contributed by atoms with Crippen LogP contribution in [0.5, 0.6) is 5.75 Å². The van der Waals surface area contributed by atoms with Crippen LogP contribution in [0.15, 0.2) is 55.1 Å². The Kier molecular flexibility index (Phi) is 6.47. The average molecular weight is 366 g/mol.